The lowest BCUT2D eigenvalue weighted by Crippen LogP contribution is -2.04. The molecule has 0 radical (unpaired) electrons. The molecule has 0 saturated heterocycles. The van der Waals surface area contributed by atoms with E-state index in [1.807, 2.05) is 31.2 Å². The molecule has 0 aliphatic carbocycles. The summed E-state index contributed by atoms with van der Waals surface area (Å²) in [6.45, 7) is 2.18. The van der Waals surface area contributed by atoms with Crippen LogP contribution in [0.2, 0.25) is 0 Å². The van der Waals surface area contributed by atoms with Crippen LogP contribution in [0.1, 0.15) is 16.7 Å². The quantitative estimate of drug-likeness (QED) is 0.479. The molecule has 0 amide bonds. The second kappa shape index (κ2) is 7.96. The number of nitrogens with one attached hydrogen (secondary N) is 1. The van der Waals surface area contributed by atoms with E-state index in [-0.39, 0.29) is 23.8 Å². The highest BCUT2D eigenvalue weighted by Gasteiger charge is 2.22. The first-order valence-corrected chi connectivity index (χ1v) is 7.30. The van der Waals surface area contributed by atoms with Gasteiger partial charge in [-0.1, -0.05) is 24.3 Å². The smallest absolute Gasteiger partial charge is 0.315 e. The molecule has 0 atom stereocenters. The number of nitro groups is 1. The minimum absolute atomic E-state index is 0.104. The van der Waals surface area contributed by atoms with Gasteiger partial charge in [-0.15, -0.1) is 0 Å². The summed E-state index contributed by atoms with van der Waals surface area (Å²) in [5, 5.41) is 15.3. The second-order valence-corrected chi connectivity index (χ2v) is 5.03. The first kappa shape index (κ1) is 17.3. The van der Waals surface area contributed by atoms with E-state index in [1.54, 1.807) is 13.1 Å². The van der Waals surface area contributed by atoms with E-state index in [9.17, 15) is 10.1 Å². The summed E-state index contributed by atoms with van der Waals surface area (Å²) in [7, 11) is 3.08. The molecule has 2 aromatic carbocycles. The fraction of sp³-hybridized carbons (Fsp3) is 0.235. The summed E-state index contributed by atoms with van der Waals surface area (Å²) in [5.74, 6) is 0.391. The fourth-order valence-electron chi connectivity index (χ4n) is 2.18. The minimum Gasteiger partial charge on any atom is -0.493 e. The Bertz CT molecular complexity index is 759. The zero-order valence-electron chi connectivity index (χ0n) is 13.8. The van der Waals surface area contributed by atoms with Gasteiger partial charge in [-0.3, -0.25) is 10.1 Å². The van der Waals surface area contributed by atoms with E-state index in [1.165, 1.54) is 19.4 Å². The lowest BCUT2D eigenvalue weighted by atomic mass is 10.1. The Morgan fingerprint density at radius 3 is 2.71 bits per heavy atom. The average molecular weight is 329 g/mol. The zero-order chi connectivity index (χ0) is 17.5. The number of methoxy groups -OCH3 is 1. The van der Waals surface area contributed by atoms with Crippen molar-refractivity contribution in [3.8, 4) is 11.5 Å². The largest absolute Gasteiger partial charge is 0.493 e. The van der Waals surface area contributed by atoms with Crippen molar-refractivity contribution in [2.75, 3.05) is 14.2 Å². The van der Waals surface area contributed by atoms with Crippen LogP contribution < -0.4 is 14.9 Å². The molecule has 0 aliphatic rings. The third-order valence-electron chi connectivity index (χ3n) is 3.45. The van der Waals surface area contributed by atoms with Crippen LogP contribution in [0.15, 0.2) is 41.5 Å². The molecule has 1 N–H and O–H groups in total. The highest BCUT2D eigenvalue weighted by Crippen LogP contribution is 2.38. The van der Waals surface area contributed by atoms with Crippen LogP contribution in [0.5, 0.6) is 11.5 Å². The van der Waals surface area contributed by atoms with Crippen LogP contribution in [-0.2, 0) is 6.61 Å². The summed E-state index contributed by atoms with van der Waals surface area (Å²) in [6.07, 6.45) is 1.47. The van der Waals surface area contributed by atoms with Crippen molar-refractivity contribution in [1.82, 2.24) is 5.43 Å². The maximum Gasteiger partial charge on any atom is 0.315 e. The predicted octanol–water partition coefficient (Wildman–Crippen LogP) is 3.04. The normalized spacial score (nSPS) is 10.6. The Kier molecular flexibility index (Phi) is 5.73. The molecule has 0 aromatic heterocycles. The number of hydrogen-bond acceptors (Lipinski definition) is 6. The molecule has 0 unspecified atom stereocenters. The highest BCUT2D eigenvalue weighted by atomic mass is 16.6. The predicted molar refractivity (Wildman–Crippen MR) is 91.8 cm³/mol. The number of nitrogens with zero attached hydrogens (tertiary/aromatic N) is 2. The minimum atomic E-state index is -0.494. The van der Waals surface area contributed by atoms with Gasteiger partial charge in [-0.2, -0.15) is 5.10 Å². The molecular formula is C17H19N3O4. The summed E-state index contributed by atoms with van der Waals surface area (Å²) >= 11 is 0. The van der Waals surface area contributed by atoms with Gasteiger partial charge in [0.15, 0.2) is 5.75 Å². The number of hydrogen-bond donors (Lipinski definition) is 1. The third-order valence-corrected chi connectivity index (χ3v) is 3.45. The van der Waals surface area contributed by atoms with Gasteiger partial charge >= 0.3 is 5.69 Å². The van der Waals surface area contributed by atoms with E-state index in [4.69, 9.17) is 9.47 Å². The van der Waals surface area contributed by atoms with E-state index in [2.05, 4.69) is 10.5 Å². The van der Waals surface area contributed by atoms with Crippen molar-refractivity contribution >= 4 is 11.9 Å². The van der Waals surface area contributed by atoms with Crippen molar-refractivity contribution in [1.29, 1.82) is 0 Å². The Morgan fingerprint density at radius 1 is 1.33 bits per heavy atom. The number of hydrazone groups is 1. The monoisotopic (exact) mass is 329 g/mol. The molecule has 2 aromatic rings. The molecule has 0 fully saturated rings. The number of ether oxygens (including phenoxy) is 2. The molecule has 0 bridgehead atoms. The van der Waals surface area contributed by atoms with Crippen molar-refractivity contribution < 1.29 is 14.4 Å². The summed E-state index contributed by atoms with van der Waals surface area (Å²) in [5.41, 5.74) is 4.98. The zero-order valence-corrected chi connectivity index (χ0v) is 13.8. The molecule has 7 nitrogen and oxygen atoms in total. The van der Waals surface area contributed by atoms with E-state index in [0.717, 1.165) is 11.1 Å². The lowest BCUT2D eigenvalue weighted by molar-refractivity contribution is -0.386. The Hall–Kier alpha value is -3.09. The van der Waals surface area contributed by atoms with Crippen molar-refractivity contribution in [3.05, 3.63) is 63.2 Å². The summed E-state index contributed by atoms with van der Waals surface area (Å²) in [4.78, 5) is 10.9. The van der Waals surface area contributed by atoms with Gasteiger partial charge in [-0.25, -0.2) is 0 Å². The number of benzene rings is 2. The maximum absolute atomic E-state index is 11.4. The lowest BCUT2D eigenvalue weighted by Gasteiger charge is -2.13. The van der Waals surface area contributed by atoms with Gasteiger partial charge in [0, 0.05) is 18.7 Å². The molecule has 126 valence electrons. The Labute approximate surface area is 140 Å². The van der Waals surface area contributed by atoms with Crippen LogP contribution in [0.3, 0.4) is 0 Å². The van der Waals surface area contributed by atoms with Gasteiger partial charge in [0.05, 0.1) is 18.2 Å². The number of aryl methyl sites for hydroxylation is 1. The SMILES string of the molecule is CN/N=C/c1cc(OC)c(OCc2ccccc2C)c([N+](=O)[O-])c1. The molecule has 0 heterocycles. The topological polar surface area (TPSA) is 86.0 Å². The number of rotatable bonds is 7. The second-order valence-electron chi connectivity index (χ2n) is 5.03. The van der Waals surface area contributed by atoms with E-state index in [0.29, 0.717) is 5.56 Å². The fourth-order valence-corrected chi connectivity index (χ4v) is 2.18. The van der Waals surface area contributed by atoms with Crippen LogP contribution in [0.4, 0.5) is 5.69 Å². The van der Waals surface area contributed by atoms with Crippen molar-refractivity contribution in [2.45, 2.75) is 13.5 Å². The van der Waals surface area contributed by atoms with Gasteiger partial charge < -0.3 is 14.9 Å². The van der Waals surface area contributed by atoms with Crippen LogP contribution in [0.25, 0.3) is 0 Å². The van der Waals surface area contributed by atoms with Gasteiger partial charge in [0.2, 0.25) is 5.75 Å². The molecular weight excluding hydrogens is 310 g/mol. The van der Waals surface area contributed by atoms with E-state index < -0.39 is 4.92 Å². The first-order chi connectivity index (χ1) is 11.6. The number of nitro benzene ring substituents is 1. The van der Waals surface area contributed by atoms with Crippen LogP contribution in [-0.4, -0.2) is 25.3 Å². The van der Waals surface area contributed by atoms with Gasteiger partial charge in [-0.05, 0) is 24.1 Å². The standard InChI is InChI=1S/C17H19N3O4/c1-12-6-4-5-7-14(12)11-24-17-15(20(21)22)8-13(10-19-18-2)9-16(17)23-3/h4-10,18H,11H2,1-3H3/b19-10+. The van der Waals surface area contributed by atoms with E-state index >= 15 is 0 Å². The molecule has 2 rings (SSSR count). The third kappa shape index (κ3) is 4.01. The Balaban J connectivity index is 2.38. The van der Waals surface area contributed by atoms with Gasteiger partial charge in [0.1, 0.15) is 6.61 Å². The highest BCUT2D eigenvalue weighted by molar-refractivity contribution is 5.83. The summed E-state index contributed by atoms with van der Waals surface area (Å²) in [6, 6.07) is 10.7. The van der Waals surface area contributed by atoms with Crippen LogP contribution >= 0.6 is 0 Å². The van der Waals surface area contributed by atoms with Gasteiger partial charge in [0.25, 0.3) is 0 Å². The molecule has 0 saturated carbocycles. The first-order valence-electron chi connectivity index (χ1n) is 7.30. The summed E-state index contributed by atoms with van der Waals surface area (Å²) < 4.78 is 11.0. The molecule has 24 heavy (non-hydrogen) atoms. The molecule has 7 heteroatoms. The van der Waals surface area contributed by atoms with Crippen molar-refractivity contribution in [2.24, 2.45) is 5.10 Å². The maximum atomic E-state index is 11.4. The Morgan fingerprint density at radius 2 is 2.08 bits per heavy atom. The average Bonchev–Trinajstić information content (AvgIpc) is 2.58. The van der Waals surface area contributed by atoms with Crippen LogP contribution in [0, 0.1) is 17.0 Å². The molecule has 0 spiro atoms. The molecule has 0 aliphatic heterocycles. The van der Waals surface area contributed by atoms with Crippen molar-refractivity contribution in [3.63, 3.8) is 0 Å².